The Labute approximate surface area is 213 Å². The van der Waals surface area contributed by atoms with Crippen LogP contribution in [-0.2, 0) is 25.7 Å². The van der Waals surface area contributed by atoms with Gasteiger partial charge in [-0.2, -0.15) is 9.86 Å². The van der Waals surface area contributed by atoms with E-state index in [1.165, 1.54) is 22.9 Å². The fraction of sp³-hybridized carbons (Fsp3) is 0.409. The van der Waals surface area contributed by atoms with Crippen LogP contribution in [0.25, 0.3) is 0 Å². The third-order valence-corrected chi connectivity index (χ3v) is 8.92. The van der Waals surface area contributed by atoms with E-state index in [0.717, 1.165) is 6.26 Å². The maximum Gasteiger partial charge on any atom is 0.348 e. The third kappa shape index (κ3) is 5.39. The normalized spacial score (nSPS) is 21.2. The molecule has 0 fully saturated rings. The summed E-state index contributed by atoms with van der Waals surface area (Å²) in [6, 6.07) is 4.39. The molecule has 0 radical (unpaired) electrons. The monoisotopic (exact) mass is 553 g/mol. The van der Waals surface area contributed by atoms with E-state index < -0.39 is 23.1 Å². The average Bonchev–Trinajstić information content (AvgIpc) is 3.30. The van der Waals surface area contributed by atoms with E-state index in [4.69, 9.17) is 4.52 Å². The minimum absolute atomic E-state index is 0.0481. The van der Waals surface area contributed by atoms with Crippen molar-refractivity contribution in [1.29, 1.82) is 0 Å². The second-order valence-electron chi connectivity index (χ2n) is 8.88. The molecule has 3 N–H and O–H groups in total. The quantitative estimate of drug-likeness (QED) is 0.419. The van der Waals surface area contributed by atoms with Gasteiger partial charge >= 0.3 is 7.52 Å². The number of benzene rings is 1. The van der Waals surface area contributed by atoms with Gasteiger partial charge in [-0.05, 0) is 36.4 Å². The molecule has 2 atom stereocenters. The molecule has 2 aliphatic rings. The summed E-state index contributed by atoms with van der Waals surface area (Å²) in [6.07, 6.45) is 2.92. The van der Waals surface area contributed by atoms with Gasteiger partial charge in [-0.1, -0.05) is 19.9 Å². The number of anilines is 2. The first-order chi connectivity index (χ1) is 16.9. The van der Waals surface area contributed by atoms with Crippen LogP contribution in [0.2, 0.25) is 0 Å². The fourth-order valence-electron chi connectivity index (χ4n) is 3.92. The SMILES string of the molecule is CCOP1(=O)N=C(c2c(O)c(C3C=CSC3)nn(CC(C)C)c2=O)Nc2ccc(NS(C)(=O)=O)cc21. The number of nitrogens with zero attached hydrogens (tertiary/aromatic N) is 3. The van der Waals surface area contributed by atoms with Gasteiger partial charge < -0.3 is 14.9 Å². The van der Waals surface area contributed by atoms with Gasteiger partial charge in [-0.3, -0.25) is 14.1 Å². The molecular weight excluding hydrogens is 525 g/mol. The fourth-order valence-corrected chi connectivity index (χ4v) is 7.17. The van der Waals surface area contributed by atoms with E-state index >= 15 is 0 Å². The zero-order valence-electron chi connectivity index (χ0n) is 20.3. The minimum Gasteiger partial charge on any atom is -0.505 e. The summed E-state index contributed by atoms with van der Waals surface area (Å²) in [5.74, 6) is 0.140. The molecule has 4 rings (SSSR count). The number of sulfonamides is 1. The highest BCUT2D eigenvalue weighted by Gasteiger charge is 2.37. The number of aromatic hydroxyl groups is 1. The Bertz CT molecular complexity index is 1470. The Morgan fingerprint density at radius 3 is 2.75 bits per heavy atom. The highest BCUT2D eigenvalue weighted by molar-refractivity contribution is 8.02. The first-order valence-electron chi connectivity index (χ1n) is 11.3. The number of aromatic nitrogens is 2. The van der Waals surface area contributed by atoms with Crippen molar-refractivity contribution in [3.8, 4) is 5.75 Å². The number of nitrogens with one attached hydrogen (secondary N) is 2. The van der Waals surface area contributed by atoms with E-state index in [1.807, 2.05) is 25.3 Å². The van der Waals surface area contributed by atoms with Crippen LogP contribution < -0.4 is 20.9 Å². The predicted molar refractivity (Wildman–Crippen MR) is 143 cm³/mol. The van der Waals surface area contributed by atoms with Gasteiger partial charge in [0.1, 0.15) is 11.3 Å². The van der Waals surface area contributed by atoms with Crippen LogP contribution in [-0.4, -0.2) is 47.8 Å². The molecule has 14 heteroatoms. The largest absolute Gasteiger partial charge is 0.505 e. The van der Waals surface area contributed by atoms with Crippen LogP contribution in [0, 0.1) is 5.92 Å². The van der Waals surface area contributed by atoms with Crippen LogP contribution in [0.1, 0.15) is 37.9 Å². The van der Waals surface area contributed by atoms with Crippen LogP contribution in [0.15, 0.2) is 39.2 Å². The van der Waals surface area contributed by atoms with Gasteiger partial charge in [-0.15, -0.1) is 11.8 Å². The van der Waals surface area contributed by atoms with Crippen molar-refractivity contribution >= 4 is 51.8 Å². The van der Waals surface area contributed by atoms with Crippen LogP contribution in [0.4, 0.5) is 11.4 Å². The summed E-state index contributed by atoms with van der Waals surface area (Å²) in [5.41, 5.74) is 0.124. The molecule has 0 saturated carbocycles. The van der Waals surface area contributed by atoms with Gasteiger partial charge in [0, 0.05) is 23.9 Å². The lowest BCUT2D eigenvalue weighted by Gasteiger charge is -2.26. The first-order valence-corrected chi connectivity index (χ1v) is 15.8. The standard InChI is InChI=1S/C22H28N5O6PS2/c1-5-33-34(30)17-10-15(26-36(4,31)32)6-7-16(17)23-21(25-34)18-20(28)19(14-8-9-35-12-14)24-27(22(18)29)11-13(2)3/h6-10,13-14,26,28H,5,11-12H2,1-4H3,(H,23,25,30). The summed E-state index contributed by atoms with van der Waals surface area (Å²) in [7, 11) is -7.52. The summed E-state index contributed by atoms with van der Waals surface area (Å²) in [4.78, 5) is 13.5. The topological polar surface area (TPSA) is 152 Å². The molecule has 36 heavy (non-hydrogen) atoms. The van der Waals surface area contributed by atoms with E-state index in [9.17, 15) is 22.9 Å². The lowest BCUT2D eigenvalue weighted by Crippen LogP contribution is -2.36. The van der Waals surface area contributed by atoms with Crippen molar-refractivity contribution in [3.05, 3.63) is 51.3 Å². The molecule has 2 aromatic rings. The lowest BCUT2D eigenvalue weighted by molar-refractivity contribution is 0.341. The van der Waals surface area contributed by atoms with Crippen molar-refractivity contribution in [1.82, 2.24) is 9.78 Å². The second-order valence-corrected chi connectivity index (χ2v) is 13.5. The molecule has 0 saturated heterocycles. The minimum atomic E-state index is -3.95. The molecule has 1 aromatic carbocycles. The van der Waals surface area contributed by atoms with Crippen LogP contribution in [0.5, 0.6) is 5.75 Å². The molecule has 11 nitrogen and oxygen atoms in total. The Morgan fingerprint density at radius 1 is 1.39 bits per heavy atom. The summed E-state index contributed by atoms with van der Waals surface area (Å²) >= 11 is 1.58. The Kier molecular flexibility index (Phi) is 7.38. The number of fused-ring (bicyclic) bond motifs is 1. The number of allylic oxidation sites excluding steroid dienone is 1. The molecule has 0 bridgehead atoms. The summed E-state index contributed by atoms with van der Waals surface area (Å²) in [6.45, 7) is 5.91. The zero-order valence-corrected chi connectivity index (χ0v) is 22.8. The van der Waals surface area contributed by atoms with Crippen molar-refractivity contribution in [2.45, 2.75) is 33.2 Å². The third-order valence-electron chi connectivity index (χ3n) is 5.36. The number of rotatable bonds is 8. The van der Waals surface area contributed by atoms with Crippen LogP contribution >= 0.6 is 19.3 Å². The van der Waals surface area contributed by atoms with Crippen LogP contribution in [0.3, 0.4) is 0 Å². The Balaban J connectivity index is 1.90. The molecular formula is C22H28N5O6PS2. The summed E-state index contributed by atoms with van der Waals surface area (Å²) < 4.78 is 50.8. The molecule has 3 heterocycles. The van der Waals surface area contributed by atoms with Gasteiger partial charge in [-0.25, -0.2) is 13.1 Å². The van der Waals surface area contributed by atoms with Gasteiger partial charge in [0.25, 0.3) is 5.56 Å². The maximum absolute atomic E-state index is 13.9. The smallest absolute Gasteiger partial charge is 0.348 e. The molecule has 0 aliphatic carbocycles. The molecule has 0 spiro atoms. The van der Waals surface area contributed by atoms with E-state index in [0.29, 0.717) is 23.7 Å². The number of hydrogen-bond acceptors (Lipinski definition) is 9. The summed E-state index contributed by atoms with van der Waals surface area (Å²) in [5, 5.41) is 20.7. The molecule has 0 amide bonds. The van der Waals surface area contributed by atoms with E-state index in [-0.39, 0.29) is 46.6 Å². The van der Waals surface area contributed by atoms with Gasteiger partial charge in [0.05, 0.1) is 23.9 Å². The Hall–Kier alpha value is -2.60. The first kappa shape index (κ1) is 26.5. The van der Waals surface area contributed by atoms with Crippen molar-refractivity contribution in [3.63, 3.8) is 0 Å². The van der Waals surface area contributed by atoms with Crippen molar-refractivity contribution in [2.24, 2.45) is 10.7 Å². The molecule has 2 unspecified atom stereocenters. The van der Waals surface area contributed by atoms with Crippen molar-refractivity contribution < 1.29 is 22.6 Å². The maximum atomic E-state index is 13.9. The zero-order chi connectivity index (χ0) is 26.3. The second kappa shape index (κ2) is 10.0. The highest BCUT2D eigenvalue weighted by atomic mass is 32.2. The highest BCUT2D eigenvalue weighted by Crippen LogP contribution is 2.52. The number of amidine groups is 1. The molecule has 194 valence electrons. The Morgan fingerprint density at radius 2 is 2.14 bits per heavy atom. The van der Waals surface area contributed by atoms with Gasteiger partial charge in [0.2, 0.25) is 10.0 Å². The number of thioether (sulfide) groups is 1. The predicted octanol–water partition coefficient (Wildman–Crippen LogP) is 3.05. The van der Waals surface area contributed by atoms with Crippen molar-refractivity contribution in [2.75, 3.05) is 28.7 Å². The lowest BCUT2D eigenvalue weighted by atomic mass is 10.0. The molecule has 2 aliphatic heterocycles. The van der Waals surface area contributed by atoms with Gasteiger partial charge in [0.15, 0.2) is 11.6 Å². The van der Waals surface area contributed by atoms with E-state index in [2.05, 4.69) is 19.9 Å². The van der Waals surface area contributed by atoms with E-state index in [1.54, 1.807) is 18.7 Å². The molecule has 1 aromatic heterocycles. The number of hydrogen-bond donors (Lipinski definition) is 3. The average molecular weight is 554 g/mol.